The summed E-state index contributed by atoms with van der Waals surface area (Å²) in [5.74, 6) is 0.572. The minimum Gasteiger partial charge on any atom is -0.379 e. The molecule has 1 aliphatic heterocycles. The van der Waals surface area contributed by atoms with Crippen LogP contribution in [-0.2, 0) is 4.74 Å². The zero-order valence-electron chi connectivity index (χ0n) is 17.0. The third kappa shape index (κ3) is 3.97. The van der Waals surface area contributed by atoms with Crippen LogP contribution in [0.3, 0.4) is 0 Å². The lowest BCUT2D eigenvalue weighted by molar-refractivity contribution is 0.187. The number of pyridine rings is 2. The molecule has 4 aromatic rings. The second-order valence-electron chi connectivity index (χ2n) is 7.63. The monoisotopic (exact) mass is 414 g/mol. The molecular formula is C23H22N6O2. The van der Waals surface area contributed by atoms with Crippen LogP contribution in [0.4, 0.5) is 10.6 Å². The van der Waals surface area contributed by atoms with Crippen LogP contribution in [0.2, 0.25) is 0 Å². The van der Waals surface area contributed by atoms with Gasteiger partial charge >= 0.3 is 6.03 Å². The van der Waals surface area contributed by atoms with Gasteiger partial charge in [-0.1, -0.05) is 30.3 Å². The van der Waals surface area contributed by atoms with Crippen molar-refractivity contribution in [3.05, 3.63) is 72.2 Å². The molecule has 0 unspecified atom stereocenters. The highest BCUT2D eigenvalue weighted by Gasteiger charge is 2.30. The van der Waals surface area contributed by atoms with Gasteiger partial charge in [0.1, 0.15) is 11.5 Å². The lowest BCUT2D eigenvalue weighted by atomic mass is 9.94. The highest BCUT2D eigenvalue weighted by Crippen LogP contribution is 2.28. The van der Waals surface area contributed by atoms with Gasteiger partial charge in [0.05, 0.1) is 24.8 Å². The molecule has 1 aromatic carbocycles. The SMILES string of the molecule is Cc1cc(-c2n[nH]c3cc(NC(=O)N[C@@H]4COC[C@H]4c4ccccc4)ncc23)ccn1. The van der Waals surface area contributed by atoms with E-state index in [2.05, 4.69) is 42.9 Å². The Bertz CT molecular complexity index is 1220. The number of rotatable bonds is 4. The summed E-state index contributed by atoms with van der Waals surface area (Å²) < 4.78 is 5.61. The molecule has 0 spiro atoms. The van der Waals surface area contributed by atoms with Gasteiger partial charge in [-0.15, -0.1) is 0 Å². The van der Waals surface area contributed by atoms with E-state index in [1.807, 2.05) is 37.3 Å². The van der Waals surface area contributed by atoms with Crippen LogP contribution in [0.25, 0.3) is 22.2 Å². The molecule has 31 heavy (non-hydrogen) atoms. The second kappa shape index (κ2) is 8.16. The van der Waals surface area contributed by atoms with Gasteiger partial charge in [0, 0.05) is 41.0 Å². The van der Waals surface area contributed by atoms with Crippen molar-refractivity contribution >= 4 is 22.8 Å². The van der Waals surface area contributed by atoms with E-state index in [1.54, 1.807) is 18.5 Å². The van der Waals surface area contributed by atoms with Gasteiger partial charge in [-0.25, -0.2) is 9.78 Å². The lowest BCUT2D eigenvalue weighted by Crippen LogP contribution is -2.41. The number of aryl methyl sites for hydroxylation is 1. The molecule has 8 heteroatoms. The maximum atomic E-state index is 12.6. The number of carbonyl (C=O) groups excluding carboxylic acids is 1. The minimum atomic E-state index is -0.312. The number of aromatic amines is 1. The van der Waals surface area contributed by atoms with E-state index in [1.165, 1.54) is 0 Å². The summed E-state index contributed by atoms with van der Waals surface area (Å²) in [6, 6.07) is 15.3. The van der Waals surface area contributed by atoms with Crippen molar-refractivity contribution in [3.63, 3.8) is 0 Å². The summed E-state index contributed by atoms with van der Waals surface area (Å²) in [6.45, 7) is 3.01. The Labute approximate surface area is 179 Å². The first-order valence-electron chi connectivity index (χ1n) is 10.1. The number of aromatic nitrogens is 4. The van der Waals surface area contributed by atoms with Crippen LogP contribution < -0.4 is 10.6 Å². The quantitative estimate of drug-likeness (QED) is 0.473. The number of anilines is 1. The molecule has 1 fully saturated rings. The van der Waals surface area contributed by atoms with Crippen molar-refractivity contribution in [2.75, 3.05) is 18.5 Å². The average molecular weight is 414 g/mol. The van der Waals surface area contributed by atoms with Gasteiger partial charge in [-0.05, 0) is 24.6 Å². The normalized spacial score (nSPS) is 18.2. The van der Waals surface area contributed by atoms with E-state index in [-0.39, 0.29) is 18.0 Å². The van der Waals surface area contributed by atoms with Crippen molar-refractivity contribution < 1.29 is 9.53 Å². The molecule has 1 saturated heterocycles. The molecule has 1 aliphatic rings. The molecule has 0 bridgehead atoms. The molecule has 2 amide bonds. The van der Waals surface area contributed by atoms with Crippen molar-refractivity contribution in [3.8, 4) is 11.3 Å². The standard InChI is InChI=1S/C23H22N6O2/c1-14-9-16(7-8-24-14)22-17-11-25-21(10-19(17)28-29-22)27-23(30)26-20-13-31-12-18(20)15-5-3-2-4-6-15/h2-11,18,20H,12-13H2,1H3,(H,28,29)(H2,25,26,27,30)/t18-,20+/m0/s1. The molecule has 3 N–H and O–H groups in total. The van der Waals surface area contributed by atoms with Crippen LogP contribution in [0.5, 0.6) is 0 Å². The van der Waals surface area contributed by atoms with Crippen LogP contribution in [0, 0.1) is 6.92 Å². The predicted molar refractivity (Wildman–Crippen MR) is 118 cm³/mol. The van der Waals surface area contributed by atoms with Crippen molar-refractivity contribution in [2.45, 2.75) is 18.9 Å². The molecule has 5 rings (SSSR count). The number of carbonyl (C=O) groups is 1. The van der Waals surface area contributed by atoms with Crippen LogP contribution >= 0.6 is 0 Å². The second-order valence-corrected chi connectivity index (χ2v) is 7.63. The number of nitrogens with one attached hydrogen (secondary N) is 3. The van der Waals surface area contributed by atoms with Gasteiger partial charge in [-0.3, -0.25) is 15.4 Å². The maximum absolute atomic E-state index is 12.6. The first-order valence-corrected chi connectivity index (χ1v) is 10.1. The Balaban J connectivity index is 1.30. The molecule has 156 valence electrons. The van der Waals surface area contributed by atoms with E-state index < -0.39 is 0 Å². The Kier molecular flexibility index (Phi) is 5.05. The predicted octanol–water partition coefficient (Wildman–Crippen LogP) is 3.63. The van der Waals surface area contributed by atoms with Gasteiger partial charge in [-0.2, -0.15) is 5.10 Å². The van der Waals surface area contributed by atoms with Crippen molar-refractivity contribution in [1.29, 1.82) is 0 Å². The Morgan fingerprint density at radius 3 is 2.84 bits per heavy atom. The Morgan fingerprint density at radius 1 is 1.13 bits per heavy atom. The average Bonchev–Trinajstić information content (AvgIpc) is 3.41. The summed E-state index contributed by atoms with van der Waals surface area (Å²) in [4.78, 5) is 21.2. The number of H-pyrrole nitrogens is 1. The third-order valence-electron chi connectivity index (χ3n) is 5.48. The number of amides is 2. The summed E-state index contributed by atoms with van der Waals surface area (Å²) in [5.41, 5.74) is 4.63. The van der Waals surface area contributed by atoms with Gasteiger partial charge < -0.3 is 10.1 Å². The fourth-order valence-corrected chi connectivity index (χ4v) is 3.94. The van der Waals surface area contributed by atoms with Gasteiger partial charge in [0.2, 0.25) is 0 Å². The van der Waals surface area contributed by atoms with E-state index >= 15 is 0 Å². The maximum Gasteiger partial charge on any atom is 0.320 e. The zero-order valence-corrected chi connectivity index (χ0v) is 17.0. The smallest absolute Gasteiger partial charge is 0.320 e. The molecule has 4 heterocycles. The molecule has 0 radical (unpaired) electrons. The Hall–Kier alpha value is -3.78. The first kappa shape index (κ1) is 19.2. The summed E-state index contributed by atoms with van der Waals surface area (Å²) in [6.07, 6.45) is 3.47. The topological polar surface area (TPSA) is 105 Å². The van der Waals surface area contributed by atoms with Gasteiger partial charge in [0.25, 0.3) is 0 Å². The molecule has 3 aromatic heterocycles. The van der Waals surface area contributed by atoms with E-state index in [4.69, 9.17) is 4.74 Å². The fourth-order valence-electron chi connectivity index (χ4n) is 3.94. The number of urea groups is 1. The van der Waals surface area contributed by atoms with E-state index in [0.717, 1.165) is 33.4 Å². The number of hydrogen-bond donors (Lipinski definition) is 3. The van der Waals surface area contributed by atoms with Crippen molar-refractivity contribution in [1.82, 2.24) is 25.5 Å². The number of fused-ring (bicyclic) bond motifs is 1. The number of ether oxygens (including phenoxy) is 1. The largest absolute Gasteiger partial charge is 0.379 e. The van der Waals surface area contributed by atoms with Crippen molar-refractivity contribution in [2.24, 2.45) is 0 Å². The molecule has 0 saturated carbocycles. The molecule has 2 atom stereocenters. The number of benzene rings is 1. The van der Waals surface area contributed by atoms with E-state index in [9.17, 15) is 4.79 Å². The molecule has 8 nitrogen and oxygen atoms in total. The summed E-state index contributed by atoms with van der Waals surface area (Å²) >= 11 is 0. The fraction of sp³-hybridized carbons (Fsp3) is 0.217. The van der Waals surface area contributed by atoms with E-state index in [0.29, 0.717) is 19.0 Å². The molecule has 0 aliphatic carbocycles. The van der Waals surface area contributed by atoms with Crippen LogP contribution in [-0.4, -0.2) is 45.5 Å². The summed E-state index contributed by atoms with van der Waals surface area (Å²) in [5, 5.41) is 14.1. The Morgan fingerprint density at radius 2 is 2.00 bits per heavy atom. The number of hydrogen-bond acceptors (Lipinski definition) is 5. The van der Waals surface area contributed by atoms with Crippen LogP contribution in [0.1, 0.15) is 17.2 Å². The highest BCUT2D eigenvalue weighted by atomic mass is 16.5. The zero-order chi connectivity index (χ0) is 21.2. The van der Waals surface area contributed by atoms with Gasteiger partial charge in [0.15, 0.2) is 0 Å². The number of nitrogens with zero attached hydrogens (tertiary/aromatic N) is 3. The summed E-state index contributed by atoms with van der Waals surface area (Å²) in [7, 11) is 0. The minimum absolute atomic E-state index is 0.0974. The highest BCUT2D eigenvalue weighted by molar-refractivity contribution is 5.95. The van der Waals surface area contributed by atoms with Crippen LogP contribution in [0.15, 0.2) is 60.9 Å². The molecular weight excluding hydrogens is 392 g/mol. The third-order valence-corrected chi connectivity index (χ3v) is 5.48. The lowest BCUT2D eigenvalue weighted by Gasteiger charge is -2.19. The first-order chi connectivity index (χ1) is 15.2.